The molecule has 2 unspecified atom stereocenters. The van der Waals surface area contributed by atoms with Gasteiger partial charge in [0, 0.05) is 53.7 Å². The molecule has 2 atom stereocenters. The zero-order chi connectivity index (χ0) is 25.5. The van der Waals surface area contributed by atoms with Crippen molar-refractivity contribution in [3.8, 4) is 11.1 Å². The van der Waals surface area contributed by atoms with E-state index in [2.05, 4.69) is 27.5 Å². The first-order valence-electron chi connectivity index (χ1n) is 12.9. The van der Waals surface area contributed by atoms with E-state index in [0.29, 0.717) is 30.1 Å². The fourth-order valence-electron chi connectivity index (χ4n) is 5.33. The van der Waals surface area contributed by atoms with Crippen molar-refractivity contribution in [3.63, 3.8) is 0 Å². The molecule has 6 nitrogen and oxygen atoms in total. The Kier molecular flexibility index (Phi) is 5.99. The zero-order valence-corrected chi connectivity index (χ0v) is 20.7. The largest absolute Gasteiger partial charge is 0.352 e. The van der Waals surface area contributed by atoms with E-state index in [4.69, 9.17) is 0 Å². The molecule has 3 N–H and O–H groups in total. The highest BCUT2D eigenvalue weighted by Crippen LogP contribution is 2.45. The summed E-state index contributed by atoms with van der Waals surface area (Å²) < 4.78 is 13.6. The van der Waals surface area contributed by atoms with Crippen molar-refractivity contribution in [2.24, 2.45) is 11.8 Å². The highest BCUT2D eigenvalue weighted by Gasteiger charge is 2.38. The number of amides is 1. The van der Waals surface area contributed by atoms with Gasteiger partial charge in [0.1, 0.15) is 11.6 Å². The van der Waals surface area contributed by atoms with E-state index in [1.54, 1.807) is 18.5 Å². The highest BCUT2D eigenvalue weighted by molar-refractivity contribution is 6.04. The number of nitrogens with zero attached hydrogens (tertiary/aromatic N) is 1. The van der Waals surface area contributed by atoms with Gasteiger partial charge in [0.2, 0.25) is 0 Å². The van der Waals surface area contributed by atoms with Gasteiger partial charge in [-0.3, -0.25) is 14.6 Å². The monoisotopic (exact) mass is 496 g/mol. The number of benzene rings is 1. The number of H-pyrrole nitrogens is 1. The third-order valence-electron chi connectivity index (χ3n) is 7.43. The van der Waals surface area contributed by atoms with Crippen LogP contribution in [0.4, 0.5) is 10.2 Å². The number of carbonyl (C=O) groups excluding carboxylic acids is 2. The van der Waals surface area contributed by atoms with Crippen molar-refractivity contribution >= 4 is 23.6 Å². The molecule has 188 valence electrons. The Labute approximate surface area is 215 Å². The van der Waals surface area contributed by atoms with Gasteiger partial charge >= 0.3 is 0 Å². The molecule has 1 saturated carbocycles. The van der Waals surface area contributed by atoms with E-state index in [1.807, 2.05) is 30.4 Å². The van der Waals surface area contributed by atoms with Gasteiger partial charge in [-0.2, -0.15) is 0 Å². The highest BCUT2D eigenvalue weighted by atomic mass is 19.1. The molecule has 0 spiro atoms. The number of allylic oxidation sites excluding steroid dienone is 3. The maximum Gasteiger partial charge on any atom is 0.253 e. The van der Waals surface area contributed by atoms with E-state index in [-0.39, 0.29) is 29.3 Å². The molecule has 1 amide bonds. The van der Waals surface area contributed by atoms with Crippen LogP contribution in [0.3, 0.4) is 0 Å². The maximum atomic E-state index is 13.6. The van der Waals surface area contributed by atoms with Crippen LogP contribution in [-0.4, -0.2) is 28.2 Å². The Bertz CT molecular complexity index is 1430. The van der Waals surface area contributed by atoms with Crippen LogP contribution in [0.5, 0.6) is 0 Å². The Morgan fingerprint density at radius 2 is 2.05 bits per heavy atom. The number of pyridine rings is 1. The van der Waals surface area contributed by atoms with Crippen LogP contribution >= 0.6 is 0 Å². The predicted molar refractivity (Wildman–Crippen MR) is 141 cm³/mol. The summed E-state index contributed by atoms with van der Waals surface area (Å²) in [6.07, 6.45) is 10.9. The summed E-state index contributed by atoms with van der Waals surface area (Å²) in [7, 11) is 0. The molecule has 0 bridgehead atoms. The summed E-state index contributed by atoms with van der Waals surface area (Å²) in [5.41, 5.74) is 5.31. The molecule has 1 fully saturated rings. The molecular formula is C30H29FN4O2. The topological polar surface area (TPSA) is 86.9 Å². The molecule has 7 heteroatoms. The van der Waals surface area contributed by atoms with Gasteiger partial charge < -0.3 is 15.6 Å². The van der Waals surface area contributed by atoms with Crippen LogP contribution in [-0.2, 0) is 4.79 Å². The molecule has 0 radical (unpaired) electrons. The van der Waals surface area contributed by atoms with E-state index in [0.717, 1.165) is 53.0 Å². The van der Waals surface area contributed by atoms with Crippen LogP contribution in [0.25, 0.3) is 17.2 Å². The first-order chi connectivity index (χ1) is 18.0. The average molecular weight is 497 g/mol. The Balaban J connectivity index is 1.33. The van der Waals surface area contributed by atoms with Crippen molar-refractivity contribution in [3.05, 3.63) is 88.8 Å². The van der Waals surface area contributed by atoms with Gasteiger partial charge in [0.15, 0.2) is 5.78 Å². The summed E-state index contributed by atoms with van der Waals surface area (Å²) in [5, 5.41) is 6.47. The number of Topliss-reactive ketones (excluding diaryl/α,β-unsaturated/α-hetero) is 1. The number of hydrogen-bond acceptors (Lipinski definition) is 4. The lowest BCUT2D eigenvalue weighted by Gasteiger charge is -2.33. The van der Waals surface area contributed by atoms with Crippen LogP contribution in [0.15, 0.2) is 66.1 Å². The molecule has 37 heavy (non-hydrogen) atoms. The molecule has 1 aliphatic heterocycles. The van der Waals surface area contributed by atoms with Gasteiger partial charge in [-0.05, 0) is 60.9 Å². The first kappa shape index (κ1) is 23.4. The van der Waals surface area contributed by atoms with Crippen molar-refractivity contribution in [2.75, 3.05) is 11.9 Å². The smallest absolute Gasteiger partial charge is 0.253 e. The van der Waals surface area contributed by atoms with Crippen LogP contribution in [0.1, 0.15) is 60.1 Å². The van der Waals surface area contributed by atoms with Crippen molar-refractivity contribution in [2.45, 2.75) is 38.5 Å². The second-order valence-corrected chi connectivity index (χ2v) is 10.4. The second kappa shape index (κ2) is 9.47. The van der Waals surface area contributed by atoms with Gasteiger partial charge in [0.05, 0.1) is 11.3 Å². The van der Waals surface area contributed by atoms with E-state index in [1.165, 1.54) is 12.1 Å². The van der Waals surface area contributed by atoms with Gasteiger partial charge in [0.25, 0.3) is 5.91 Å². The molecule has 0 saturated heterocycles. The summed E-state index contributed by atoms with van der Waals surface area (Å²) in [6.45, 7) is 2.76. The molecule has 6 rings (SSSR count). The number of nitrogens with one attached hydrogen (secondary N) is 3. The van der Waals surface area contributed by atoms with Crippen molar-refractivity contribution in [1.29, 1.82) is 0 Å². The molecule has 2 aliphatic carbocycles. The second-order valence-electron chi connectivity index (χ2n) is 10.4. The number of anilines is 1. The normalized spacial score (nSPS) is 21.0. The number of rotatable bonds is 6. The third-order valence-corrected chi connectivity index (χ3v) is 7.43. The van der Waals surface area contributed by atoms with Gasteiger partial charge in [-0.1, -0.05) is 31.2 Å². The molecule has 3 aromatic rings. The van der Waals surface area contributed by atoms with E-state index < -0.39 is 0 Å². The lowest BCUT2D eigenvalue weighted by atomic mass is 9.76. The lowest BCUT2D eigenvalue weighted by molar-refractivity contribution is -0.117. The fourth-order valence-corrected chi connectivity index (χ4v) is 5.33. The van der Waals surface area contributed by atoms with Gasteiger partial charge in [-0.15, -0.1) is 0 Å². The van der Waals surface area contributed by atoms with Crippen LogP contribution in [0, 0.1) is 17.7 Å². The number of ketones is 1. The quantitative estimate of drug-likeness (QED) is 0.401. The van der Waals surface area contributed by atoms with Crippen LogP contribution < -0.4 is 10.6 Å². The summed E-state index contributed by atoms with van der Waals surface area (Å²) in [6, 6.07) is 10.2. The lowest BCUT2D eigenvalue weighted by Crippen LogP contribution is -2.30. The summed E-state index contributed by atoms with van der Waals surface area (Å²) >= 11 is 0. The zero-order valence-electron chi connectivity index (χ0n) is 20.7. The first-order valence-corrected chi connectivity index (χ1v) is 12.9. The number of carbonyl (C=O) groups is 2. The van der Waals surface area contributed by atoms with Crippen molar-refractivity contribution < 1.29 is 14.0 Å². The standard InChI is InChI=1S/C30H29FN4O2/c1-17-11-25-28(26(36)12-17)23(27-24(16-33-29(27)35-25)30(37)34-14-18-5-6-18)10-9-22-8-7-20(15-32-22)19-3-2-4-21(31)13-19/h2-4,7-10,13,15-18,23,33,35H,5-6,11-12,14H2,1H3,(H,34,37). The van der Waals surface area contributed by atoms with Crippen molar-refractivity contribution in [1.82, 2.24) is 15.3 Å². The molecule has 2 aromatic heterocycles. The summed E-state index contributed by atoms with van der Waals surface area (Å²) in [5.74, 6) is 0.944. The minimum atomic E-state index is -0.358. The minimum Gasteiger partial charge on any atom is -0.352 e. The molecule has 3 heterocycles. The Hall–Kier alpha value is -4.00. The average Bonchev–Trinajstić information content (AvgIpc) is 3.62. The van der Waals surface area contributed by atoms with E-state index >= 15 is 0 Å². The van der Waals surface area contributed by atoms with E-state index in [9.17, 15) is 14.0 Å². The number of fused-ring (bicyclic) bond motifs is 1. The number of aromatic amines is 1. The molecule has 3 aliphatic rings. The SMILES string of the molecule is CC1CC(=O)C2=C(C1)Nc1[nH]cc(C(=O)NCC3CC3)c1C2C=Cc1ccc(-c2cccc(F)c2)cn1. The van der Waals surface area contributed by atoms with Crippen LogP contribution in [0.2, 0.25) is 0 Å². The summed E-state index contributed by atoms with van der Waals surface area (Å²) in [4.78, 5) is 34.1. The third kappa shape index (κ3) is 4.73. The maximum absolute atomic E-state index is 13.6. The number of halogens is 1. The Morgan fingerprint density at radius 1 is 1.19 bits per heavy atom. The fraction of sp³-hybridized carbons (Fsp3) is 0.300. The Morgan fingerprint density at radius 3 is 2.81 bits per heavy atom. The molecular weight excluding hydrogens is 467 g/mol. The predicted octanol–water partition coefficient (Wildman–Crippen LogP) is 5.83. The van der Waals surface area contributed by atoms with Gasteiger partial charge in [-0.25, -0.2) is 4.39 Å². The molecule has 1 aromatic carbocycles. The number of hydrogen-bond donors (Lipinski definition) is 3. The minimum absolute atomic E-state index is 0.112. The number of aromatic nitrogens is 2.